The molecule has 2 nitrogen and oxygen atoms in total. The third-order valence-corrected chi connectivity index (χ3v) is 4.51. The number of hydrogen-bond acceptors (Lipinski definition) is 3. The van der Waals surface area contributed by atoms with Crippen molar-refractivity contribution in [3.63, 3.8) is 0 Å². The maximum absolute atomic E-state index is 11.9. The number of carbonyl (C=O) groups is 1. The first-order valence-corrected chi connectivity index (χ1v) is 7.64. The molecule has 1 aromatic carbocycles. The molecule has 0 fully saturated rings. The number of ether oxygens (including phenoxy) is 1. The van der Waals surface area contributed by atoms with Crippen LogP contribution in [0.25, 0.3) is 0 Å². The topological polar surface area (TPSA) is 26.3 Å². The molecule has 94 valence electrons. The van der Waals surface area contributed by atoms with Gasteiger partial charge in [0.25, 0.3) is 0 Å². The number of aryl methyl sites for hydroxylation is 1. The average molecular weight is 390 g/mol. The molecule has 1 aromatic heterocycles. The predicted octanol–water partition coefficient (Wildman–Crippen LogP) is 4.84. The predicted molar refractivity (Wildman–Crippen MR) is 80.7 cm³/mol. The van der Waals surface area contributed by atoms with Gasteiger partial charge < -0.3 is 4.74 Å². The van der Waals surface area contributed by atoms with E-state index in [0.29, 0.717) is 4.88 Å². The van der Waals surface area contributed by atoms with E-state index in [1.165, 1.54) is 11.3 Å². The molecule has 0 N–H and O–H groups in total. The molecule has 2 rings (SSSR count). The Morgan fingerprint density at radius 1 is 1.28 bits per heavy atom. The summed E-state index contributed by atoms with van der Waals surface area (Å²) < 4.78 is 7.44. The average Bonchev–Trinajstić information content (AvgIpc) is 2.77. The zero-order valence-electron chi connectivity index (χ0n) is 9.57. The number of thiophene rings is 1. The Morgan fingerprint density at radius 2 is 2.06 bits per heavy atom. The van der Waals surface area contributed by atoms with Gasteiger partial charge in [0.15, 0.2) is 6.61 Å². The Kier molecular flexibility index (Phi) is 4.59. The molecule has 0 unspecified atom stereocenters. The lowest BCUT2D eigenvalue weighted by Gasteiger charge is -2.08. The van der Waals surface area contributed by atoms with E-state index in [1.54, 1.807) is 6.07 Å². The third-order valence-electron chi connectivity index (χ3n) is 2.36. The minimum Gasteiger partial charge on any atom is -0.485 e. The highest BCUT2D eigenvalue weighted by molar-refractivity contribution is 9.11. The second kappa shape index (κ2) is 5.99. The van der Waals surface area contributed by atoms with E-state index in [0.717, 1.165) is 19.6 Å². The van der Waals surface area contributed by atoms with Gasteiger partial charge in [-0.25, -0.2) is 0 Å². The molecule has 0 saturated carbocycles. The van der Waals surface area contributed by atoms with Crippen LogP contribution in [0.5, 0.6) is 5.75 Å². The smallest absolute Gasteiger partial charge is 0.210 e. The van der Waals surface area contributed by atoms with E-state index in [1.807, 2.05) is 31.2 Å². The molecule has 0 atom stereocenters. The summed E-state index contributed by atoms with van der Waals surface area (Å²) in [6.45, 7) is 2.01. The largest absolute Gasteiger partial charge is 0.485 e. The molecule has 0 aliphatic carbocycles. The number of hydrogen-bond donors (Lipinski definition) is 0. The van der Waals surface area contributed by atoms with E-state index in [-0.39, 0.29) is 12.4 Å². The van der Waals surface area contributed by atoms with Crippen LogP contribution in [0.1, 0.15) is 15.2 Å². The lowest BCUT2D eigenvalue weighted by atomic mass is 10.2. The first kappa shape index (κ1) is 13.8. The van der Waals surface area contributed by atoms with E-state index < -0.39 is 0 Å². The van der Waals surface area contributed by atoms with Gasteiger partial charge in [-0.1, -0.05) is 22.0 Å². The molecule has 1 heterocycles. The summed E-state index contributed by atoms with van der Waals surface area (Å²) in [5.74, 6) is 0.721. The standard InChI is InChI=1S/C13H10Br2O2S/c1-8-2-3-9(14)6-11(8)17-7-10(16)12-4-5-13(15)18-12/h2-6H,7H2,1H3. The van der Waals surface area contributed by atoms with Crippen LogP contribution in [0, 0.1) is 6.92 Å². The molecule has 0 radical (unpaired) electrons. The van der Waals surface area contributed by atoms with Gasteiger partial charge in [0.1, 0.15) is 5.75 Å². The van der Waals surface area contributed by atoms with Gasteiger partial charge in [0.05, 0.1) is 8.66 Å². The van der Waals surface area contributed by atoms with Crippen LogP contribution in [0.3, 0.4) is 0 Å². The molecule has 5 heteroatoms. The van der Waals surface area contributed by atoms with Crippen molar-refractivity contribution < 1.29 is 9.53 Å². The number of halogens is 2. The zero-order valence-corrected chi connectivity index (χ0v) is 13.6. The van der Waals surface area contributed by atoms with Crippen molar-refractivity contribution >= 4 is 49.0 Å². The second-order valence-electron chi connectivity index (χ2n) is 3.73. The number of benzene rings is 1. The highest BCUT2D eigenvalue weighted by Gasteiger charge is 2.10. The molecule has 18 heavy (non-hydrogen) atoms. The molecule has 0 spiro atoms. The van der Waals surface area contributed by atoms with Crippen molar-refractivity contribution in [2.45, 2.75) is 6.92 Å². The summed E-state index contributed by atoms with van der Waals surface area (Å²) in [4.78, 5) is 12.6. The molecule has 0 aliphatic rings. The highest BCUT2D eigenvalue weighted by atomic mass is 79.9. The van der Waals surface area contributed by atoms with Crippen LogP contribution in [0.15, 0.2) is 38.6 Å². The van der Waals surface area contributed by atoms with Gasteiger partial charge in [-0.05, 0) is 52.7 Å². The Morgan fingerprint density at radius 3 is 2.72 bits per heavy atom. The van der Waals surface area contributed by atoms with Crippen LogP contribution in [0.4, 0.5) is 0 Å². The monoisotopic (exact) mass is 388 g/mol. The lowest BCUT2D eigenvalue weighted by molar-refractivity contribution is 0.0925. The number of ketones is 1. The maximum Gasteiger partial charge on any atom is 0.210 e. The fourth-order valence-electron chi connectivity index (χ4n) is 1.41. The fourth-order valence-corrected chi connectivity index (χ4v) is 3.06. The molecular weight excluding hydrogens is 380 g/mol. The van der Waals surface area contributed by atoms with Gasteiger partial charge in [-0.15, -0.1) is 11.3 Å². The van der Waals surface area contributed by atoms with Crippen LogP contribution in [-0.4, -0.2) is 12.4 Å². The Bertz CT molecular complexity index is 578. The third kappa shape index (κ3) is 3.43. The van der Waals surface area contributed by atoms with Crippen molar-refractivity contribution in [1.29, 1.82) is 0 Å². The van der Waals surface area contributed by atoms with Gasteiger partial charge in [-0.2, -0.15) is 0 Å². The Labute approximate surface area is 126 Å². The first-order valence-electron chi connectivity index (χ1n) is 5.24. The fraction of sp³-hybridized carbons (Fsp3) is 0.154. The van der Waals surface area contributed by atoms with Crippen molar-refractivity contribution in [1.82, 2.24) is 0 Å². The van der Waals surface area contributed by atoms with Crippen LogP contribution in [0.2, 0.25) is 0 Å². The van der Waals surface area contributed by atoms with Crippen LogP contribution in [-0.2, 0) is 0 Å². The minimum absolute atomic E-state index is 0.00919. The van der Waals surface area contributed by atoms with Crippen LogP contribution < -0.4 is 4.74 Å². The molecule has 0 saturated heterocycles. The van der Waals surface area contributed by atoms with Crippen molar-refractivity contribution in [3.8, 4) is 5.75 Å². The van der Waals surface area contributed by atoms with Gasteiger partial charge in [-0.3, -0.25) is 4.79 Å². The SMILES string of the molecule is Cc1ccc(Br)cc1OCC(=O)c1ccc(Br)s1. The number of carbonyl (C=O) groups excluding carboxylic acids is 1. The molecular formula is C13H10Br2O2S. The molecule has 0 bridgehead atoms. The quantitative estimate of drug-likeness (QED) is 0.699. The molecule has 0 aliphatic heterocycles. The highest BCUT2D eigenvalue weighted by Crippen LogP contribution is 2.25. The summed E-state index contributed by atoms with van der Waals surface area (Å²) in [5.41, 5.74) is 1.01. The van der Waals surface area contributed by atoms with Gasteiger partial charge in [0.2, 0.25) is 5.78 Å². The van der Waals surface area contributed by atoms with E-state index in [9.17, 15) is 4.79 Å². The van der Waals surface area contributed by atoms with E-state index in [2.05, 4.69) is 31.9 Å². The van der Waals surface area contributed by atoms with Gasteiger partial charge >= 0.3 is 0 Å². The first-order chi connectivity index (χ1) is 8.56. The van der Waals surface area contributed by atoms with Gasteiger partial charge in [0, 0.05) is 4.47 Å². The summed E-state index contributed by atoms with van der Waals surface area (Å²) >= 11 is 8.14. The van der Waals surface area contributed by atoms with E-state index in [4.69, 9.17) is 4.74 Å². The Hall–Kier alpha value is -0.650. The number of Topliss-reactive ketones (excluding diaryl/α,β-unsaturated/α-hetero) is 1. The lowest BCUT2D eigenvalue weighted by Crippen LogP contribution is -2.10. The minimum atomic E-state index is -0.00919. The second-order valence-corrected chi connectivity index (χ2v) is 7.10. The maximum atomic E-state index is 11.9. The molecule has 0 amide bonds. The van der Waals surface area contributed by atoms with Crippen molar-refractivity contribution in [3.05, 3.63) is 49.0 Å². The zero-order chi connectivity index (χ0) is 13.1. The summed E-state index contributed by atoms with van der Waals surface area (Å²) in [5, 5.41) is 0. The van der Waals surface area contributed by atoms with Crippen LogP contribution >= 0.6 is 43.2 Å². The Balaban J connectivity index is 2.03. The van der Waals surface area contributed by atoms with Crippen molar-refractivity contribution in [2.24, 2.45) is 0 Å². The van der Waals surface area contributed by atoms with E-state index >= 15 is 0 Å². The molecule has 2 aromatic rings. The van der Waals surface area contributed by atoms with Crippen molar-refractivity contribution in [2.75, 3.05) is 6.61 Å². The summed E-state index contributed by atoms with van der Waals surface area (Å²) in [6, 6.07) is 9.43. The normalized spacial score (nSPS) is 10.4. The summed E-state index contributed by atoms with van der Waals surface area (Å²) in [7, 11) is 0. The number of rotatable bonds is 4. The summed E-state index contributed by atoms with van der Waals surface area (Å²) in [6.07, 6.45) is 0.